The average Bonchev–Trinajstić information content (AvgIpc) is 2.46. The maximum atomic E-state index is 12.1. The summed E-state index contributed by atoms with van der Waals surface area (Å²) in [5.74, 6) is -0.457. The SMILES string of the molecule is NCCc1ccccc1C(=O)NC(CO)(CO)CO. The van der Waals surface area contributed by atoms with Gasteiger partial charge >= 0.3 is 0 Å². The van der Waals surface area contributed by atoms with Crippen LogP contribution in [0.5, 0.6) is 0 Å². The summed E-state index contributed by atoms with van der Waals surface area (Å²) in [6.07, 6.45) is 0.550. The first-order valence-corrected chi connectivity index (χ1v) is 6.05. The highest BCUT2D eigenvalue weighted by atomic mass is 16.3. The van der Waals surface area contributed by atoms with Crippen molar-refractivity contribution in [3.63, 3.8) is 0 Å². The second kappa shape index (κ2) is 7.20. The molecule has 1 amide bonds. The van der Waals surface area contributed by atoms with Crippen LogP contribution in [0.4, 0.5) is 0 Å². The molecule has 106 valence electrons. The van der Waals surface area contributed by atoms with Crippen molar-refractivity contribution in [3.05, 3.63) is 35.4 Å². The van der Waals surface area contributed by atoms with Gasteiger partial charge in [0.05, 0.1) is 19.8 Å². The molecule has 0 atom stereocenters. The van der Waals surface area contributed by atoms with Crippen LogP contribution in [-0.4, -0.2) is 53.1 Å². The summed E-state index contributed by atoms with van der Waals surface area (Å²) in [5, 5.41) is 30.0. The number of nitrogens with one attached hydrogen (secondary N) is 1. The predicted molar refractivity (Wildman–Crippen MR) is 70.7 cm³/mol. The summed E-state index contributed by atoms with van der Waals surface area (Å²) in [6.45, 7) is -1.24. The lowest BCUT2D eigenvalue weighted by Gasteiger charge is -2.29. The van der Waals surface area contributed by atoms with Crippen LogP contribution in [0.2, 0.25) is 0 Å². The van der Waals surface area contributed by atoms with Crippen LogP contribution < -0.4 is 11.1 Å². The van der Waals surface area contributed by atoms with E-state index in [0.29, 0.717) is 18.5 Å². The molecule has 0 saturated heterocycles. The number of carbonyl (C=O) groups is 1. The van der Waals surface area contributed by atoms with Crippen molar-refractivity contribution < 1.29 is 20.1 Å². The normalized spacial score (nSPS) is 11.4. The van der Waals surface area contributed by atoms with Crippen molar-refractivity contribution in [2.24, 2.45) is 5.73 Å². The van der Waals surface area contributed by atoms with Gasteiger partial charge in [-0.25, -0.2) is 0 Å². The van der Waals surface area contributed by atoms with Gasteiger partial charge < -0.3 is 26.4 Å². The smallest absolute Gasteiger partial charge is 0.252 e. The summed E-state index contributed by atoms with van der Waals surface area (Å²) in [6, 6.07) is 6.95. The maximum absolute atomic E-state index is 12.1. The monoisotopic (exact) mass is 268 g/mol. The molecule has 1 aromatic rings. The highest BCUT2D eigenvalue weighted by molar-refractivity contribution is 5.96. The molecular weight excluding hydrogens is 248 g/mol. The Bertz CT molecular complexity index is 411. The van der Waals surface area contributed by atoms with Crippen molar-refractivity contribution in [1.82, 2.24) is 5.32 Å². The summed E-state index contributed by atoms with van der Waals surface area (Å²) in [5.41, 5.74) is 5.27. The highest BCUT2D eigenvalue weighted by Crippen LogP contribution is 2.11. The molecule has 0 bridgehead atoms. The number of hydrogen-bond acceptors (Lipinski definition) is 5. The van der Waals surface area contributed by atoms with Gasteiger partial charge in [-0.15, -0.1) is 0 Å². The summed E-state index contributed by atoms with van der Waals surface area (Å²) in [4.78, 5) is 12.1. The molecule has 0 spiro atoms. The summed E-state index contributed by atoms with van der Waals surface area (Å²) >= 11 is 0. The van der Waals surface area contributed by atoms with Crippen LogP contribution in [-0.2, 0) is 6.42 Å². The lowest BCUT2D eigenvalue weighted by Crippen LogP contribution is -2.57. The van der Waals surface area contributed by atoms with E-state index in [1.54, 1.807) is 24.3 Å². The van der Waals surface area contributed by atoms with Gasteiger partial charge in [0, 0.05) is 5.56 Å². The van der Waals surface area contributed by atoms with Gasteiger partial charge in [-0.3, -0.25) is 4.79 Å². The molecule has 0 fully saturated rings. The molecule has 1 rings (SSSR count). The van der Waals surface area contributed by atoms with Gasteiger partial charge in [-0.05, 0) is 24.6 Å². The molecule has 0 heterocycles. The number of nitrogens with two attached hydrogens (primary N) is 1. The highest BCUT2D eigenvalue weighted by Gasteiger charge is 2.30. The zero-order valence-electron chi connectivity index (χ0n) is 10.7. The van der Waals surface area contributed by atoms with Crippen LogP contribution >= 0.6 is 0 Å². The summed E-state index contributed by atoms with van der Waals surface area (Å²) in [7, 11) is 0. The Morgan fingerprint density at radius 2 is 1.74 bits per heavy atom. The van der Waals surface area contributed by atoms with Crippen molar-refractivity contribution in [3.8, 4) is 0 Å². The molecule has 0 radical (unpaired) electrons. The van der Waals surface area contributed by atoms with Crippen molar-refractivity contribution in [2.75, 3.05) is 26.4 Å². The Morgan fingerprint density at radius 3 is 2.26 bits per heavy atom. The molecule has 0 unspecified atom stereocenters. The summed E-state index contributed by atoms with van der Waals surface area (Å²) < 4.78 is 0. The minimum atomic E-state index is -1.42. The van der Waals surface area contributed by atoms with Gasteiger partial charge in [-0.2, -0.15) is 0 Å². The molecule has 19 heavy (non-hydrogen) atoms. The fourth-order valence-corrected chi connectivity index (χ4v) is 1.69. The third kappa shape index (κ3) is 3.74. The number of carbonyl (C=O) groups excluding carboxylic acids is 1. The fraction of sp³-hybridized carbons (Fsp3) is 0.462. The van der Waals surface area contributed by atoms with Crippen LogP contribution in [0, 0.1) is 0 Å². The number of hydrogen-bond donors (Lipinski definition) is 5. The molecule has 0 aliphatic carbocycles. The second-order valence-electron chi connectivity index (χ2n) is 4.40. The lowest BCUT2D eigenvalue weighted by molar-refractivity contribution is 0.0375. The zero-order chi connectivity index (χ0) is 14.3. The third-order valence-corrected chi connectivity index (χ3v) is 2.96. The van der Waals surface area contributed by atoms with E-state index in [0.717, 1.165) is 5.56 Å². The van der Waals surface area contributed by atoms with E-state index in [-0.39, 0.29) is 0 Å². The molecule has 0 aliphatic rings. The first kappa shape index (κ1) is 15.6. The Morgan fingerprint density at radius 1 is 1.16 bits per heavy atom. The van der Waals surface area contributed by atoms with E-state index in [2.05, 4.69) is 5.32 Å². The van der Waals surface area contributed by atoms with E-state index >= 15 is 0 Å². The molecular formula is C13H20N2O4. The van der Waals surface area contributed by atoms with Gasteiger partial charge in [0.15, 0.2) is 0 Å². The minimum absolute atomic E-state index is 0.412. The van der Waals surface area contributed by atoms with Crippen molar-refractivity contribution in [2.45, 2.75) is 12.0 Å². The number of aliphatic hydroxyl groups is 3. The molecule has 1 aromatic carbocycles. The quantitative estimate of drug-likeness (QED) is 0.418. The number of rotatable bonds is 7. The molecule has 6 nitrogen and oxygen atoms in total. The number of benzene rings is 1. The Labute approximate surface area is 111 Å². The Balaban J connectivity index is 2.94. The van der Waals surface area contributed by atoms with Gasteiger partial charge in [0.1, 0.15) is 5.54 Å². The first-order chi connectivity index (χ1) is 9.12. The van der Waals surface area contributed by atoms with E-state index < -0.39 is 31.3 Å². The average molecular weight is 268 g/mol. The van der Waals surface area contributed by atoms with Gasteiger partial charge in [0.2, 0.25) is 0 Å². The third-order valence-electron chi connectivity index (χ3n) is 2.96. The first-order valence-electron chi connectivity index (χ1n) is 6.05. The molecule has 0 saturated carbocycles. The maximum Gasteiger partial charge on any atom is 0.252 e. The van der Waals surface area contributed by atoms with Crippen LogP contribution in [0.25, 0.3) is 0 Å². The largest absolute Gasteiger partial charge is 0.394 e. The molecule has 0 aromatic heterocycles. The molecule has 0 aliphatic heterocycles. The van der Waals surface area contributed by atoms with Crippen molar-refractivity contribution >= 4 is 5.91 Å². The minimum Gasteiger partial charge on any atom is -0.394 e. The standard InChI is InChI=1S/C13H20N2O4/c14-6-5-10-3-1-2-4-11(10)12(19)15-13(7-16,8-17)9-18/h1-4,16-18H,5-9,14H2,(H,15,19). The van der Waals surface area contributed by atoms with Crippen LogP contribution in [0.3, 0.4) is 0 Å². The Kier molecular flexibility index (Phi) is 5.91. The second-order valence-corrected chi connectivity index (χ2v) is 4.40. The predicted octanol–water partition coefficient (Wildman–Crippen LogP) is -1.37. The number of aliphatic hydroxyl groups excluding tert-OH is 3. The fourth-order valence-electron chi connectivity index (χ4n) is 1.69. The van der Waals surface area contributed by atoms with E-state index in [1.807, 2.05) is 0 Å². The molecule has 6 N–H and O–H groups in total. The van der Waals surface area contributed by atoms with Crippen molar-refractivity contribution in [1.29, 1.82) is 0 Å². The lowest BCUT2D eigenvalue weighted by atomic mass is 10.00. The van der Waals surface area contributed by atoms with E-state index in [1.165, 1.54) is 0 Å². The zero-order valence-corrected chi connectivity index (χ0v) is 10.7. The van der Waals surface area contributed by atoms with E-state index in [4.69, 9.17) is 5.73 Å². The Hall–Kier alpha value is -1.47. The number of amides is 1. The molecule has 6 heteroatoms. The van der Waals surface area contributed by atoms with E-state index in [9.17, 15) is 20.1 Å². The van der Waals surface area contributed by atoms with Crippen LogP contribution in [0.1, 0.15) is 15.9 Å². The van der Waals surface area contributed by atoms with Crippen LogP contribution in [0.15, 0.2) is 24.3 Å². The topological polar surface area (TPSA) is 116 Å². The van der Waals surface area contributed by atoms with Gasteiger partial charge in [0.25, 0.3) is 5.91 Å². The van der Waals surface area contributed by atoms with Gasteiger partial charge in [-0.1, -0.05) is 18.2 Å².